The smallest absolute Gasteiger partial charge is 0.244 e. The van der Waals surface area contributed by atoms with E-state index in [1.54, 1.807) is 6.08 Å². The zero-order chi connectivity index (χ0) is 13.9. The number of fused-ring (bicyclic) bond motifs is 1. The molecule has 2 nitrogen and oxygen atoms in total. The molecule has 2 heteroatoms. The molecule has 0 aliphatic carbocycles. The SMILES string of the molecule is CC(C)(C)NC(=O)C=Cc1cccc2ccccc12. The topological polar surface area (TPSA) is 29.1 Å². The van der Waals surface area contributed by atoms with Gasteiger partial charge in [-0.1, -0.05) is 42.5 Å². The van der Waals surface area contributed by atoms with Crippen molar-refractivity contribution in [1.29, 1.82) is 0 Å². The number of nitrogens with one attached hydrogen (secondary N) is 1. The molecule has 1 N–H and O–H groups in total. The Morgan fingerprint density at radius 2 is 1.74 bits per heavy atom. The van der Waals surface area contributed by atoms with E-state index in [9.17, 15) is 4.79 Å². The van der Waals surface area contributed by atoms with Gasteiger partial charge in [0.05, 0.1) is 0 Å². The molecule has 0 heterocycles. The summed E-state index contributed by atoms with van der Waals surface area (Å²) in [5, 5.41) is 5.25. The van der Waals surface area contributed by atoms with E-state index >= 15 is 0 Å². The van der Waals surface area contributed by atoms with Crippen LogP contribution < -0.4 is 5.32 Å². The molecule has 0 radical (unpaired) electrons. The Morgan fingerprint density at radius 3 is 2.47 bits per heavy atom. The average molecular weight is 253 g/mol. The highest BCUT2D eigenvalue weighted by atomic mass is 16.1. The van der Waals surface area contributed by atoms with Crippen molar-refractivity contribution in [3.05, 3.63) is 54.1 Å². The monoisotopic (exact) mass is 253 g/mol. The van der Waals surface area contributed by atoms with Gasteiger partial charge in [0.1, 0.15) is 0 Å². The van der Waals surface area contributed by atoms with Crippen LogP contribution in [0.25, 0.3) is 16.8 Å². The second kappa shape index (κ2) is 5.27. The van der Waals surface area contributed by atoms with E-state index in [-0.39, 0.29) is 11.4 Å². The van der Waals surface area contributed by atoms with Crippen molar-refractivity contribution in [3.8, 4) is 0 Å². The van der Waals surface area contributed by atoms with Crippen molar-refractivity contribution < 1.29 is 4.79 Å². The fraction of sp³-hybridized carbons (Fsp3) is 0.235. The number of amides is 1. The minimum atomic E-state index is -0.208. The summed E-state index contributed by atoms with van der Waals surface area (Å²) in [6.07, 6.45) is 3.45. The zero-order valence-corrected chi connectivity index (χ0v) is 11.6. The van der Waals surface area contributed by atoms with E-state index in [1.165, 1.54) is 5.39 Å². The second-order valence-corrected chi connectivity index (χ2v) is 5.64. The van der Waals surface area contributed by atoms with Crippen molar-refractivity contribution in [3.63, 3.8) is 0 Å². The van der Waals surface area contributed by atoms with Crippen LogP contribution in [0.3, 0.4) is 0 Å². The van der Waals surface area contributed by atoms with Gasteiger partial charge in [0.25, 0.3) is 0 Å². The first-order valence-electron chi connectivity index (χ1n) is 6.44. The third kappa shape index (κ3) is 3.68. The van der Waals surface area contributed by atoms with Crippen molar-refractivity contribution >= 4 is 22.8 Å². The van der Waals surface area contributed by atoms with Gasteiger partial charge in [-0.25, -0.2) is 0 Å². The maximum Gasteiger partial charge on any atom is 0.244 e. The fourth-order valence-corrected chi connectivity index (χ4v) is 1.97. The first kappa shape index (κ1) is 13.3. The van der Waals surface area contributed by atoms with E-state index in [1.807, 2.05) is 51.1 Å². The quantitative estimate of drug-likeness (QED) is 0.811. The molecule has 98 valence electrons. The first-order valence-corrected chi connectivity index (χ1v) is 6.44. The lowest BCUT2D eigenvalue weighted by atomic mass is 10.0. The highest BCUT2D eigenvalue weighted by Crippen LogP contribution is 2.19. The normalized spacial score (nSPS) is 11.9. The minimum absolute atomic E-state index is 0.0690. The standard InChI is InChI=1S/C17H19NO/c1-17(2,3)18-16(19)12-11-14-9-6-8-13-7-4-5-10-15(13)14/h4-12H,1-3H3,(H,18,19). The van der Waals surface area contributed by atoms with Crippen molar-refractivity contribution in [2.24, 2.45) is 0 Å². The Balaban J connectivity index is 2.24. The maximum absolute atomic E-state index is 11.8. The fourth-order valence-electron chi connectivity index (χ4n) is 1.97. The van der Waals surface area contributed by atoms with Crippen LogP contribution in [0.4, 0.5) is 0 Å². The number of carbonyl (C=O) groups is 1. The van der Waals surface area contributed by atoms with Gasteiger partial charge in [-0.3, -0.25) is 4.79 Å². The number of benzene rings is 2. The van der Waals surface area contributed by atoms with Gasteiger partial charge in [0.2, 0.25) is 5.91 Å². The van der Waals surface area contributed by atoms with E-state index in [0.29, 0.717) is 0 Å². The lowest BCUT2D eigenvalue weighted by Gasteiger charge is -2.19. The number of carbonyl (C=O) groups excluding carboxylic acids is 1. The number of hydrogen-bond donors (Lipinski definition) is 1. The van der Waals surface area contributed by atoms with Crippen LogP contribution >= 0.6 is 0 Å². The van der Waals surface area contributed by atoms with Crippen LogP contribution in [0.2, 0.25) is 0 Å². The lowest BCUT2D eigenvalue weighted by Crippen LogP contribution is -2.39. The second-order valence-electron chi connectivity index (χ2n) is 5.64. The molecular weight excluding hydrogens is 234 g/mol. The Labute approximate surface area is 114 Å². The van der Waals surface area contributed by atoms with Crippen LogP contribution in [0, 0.1) is 0 Å². The van der Waals surface area contributed by atoms with Gasteiger partial charge in [0.15, 0.2) is 0 Å². The predicted molar refractivity (Wildman–Crippen MR) is 80.9 cm³/mol. The molecule has 0 aliphatic heterocycles. The zero-order valence-electron chi connectivity index (χ0n) is 11.6. The molecular formula is C17H19NO. The van der Waals surface area contributed by atoms with Crippen molar-refractivity contribution in [1.82, 2.24) is 5.32 Å². The van der Waals surface area contributed by atoms with Crippen LogP contribution in [0.15, 0.2) is 48.5 Å². The molecule has 0 aromatic heterocycles. The third-order valence-corrected chi connectivity index (χ3v) is 2.74. The molecule has 1 amide bonds. The molecule has 0 bridgehead atoms. The van der Waals surface area contributed by atoms with Gasteiger partial charge in [-0.05, 0) is 43.2 Å². The van der Waals surface area contributed by atoms with Gasteiger partial charge in [-0.2, -0.15) is 0 Å². The van der Waals surface area contributed by atoms with Crippen LogP contribution in [-0.2, 0) is 4.79 Å². The largest absolute Gasteiger partial charge is 0.348 e. The third-order valence-electron chi connectivity index (χ3n) is 2.74. The molecule has 2 rings (SSSR count). The Hall–Kier alpha value is -2.09. The molecule has 0 aliphatic rings. The maximum atomic E-state index is 11.8. The Bertz CT molecular complexity index is 615. The summed E-state index contributed by atoms with van der Waals surface area (Å²) in [5.74, 6) is -0.0690. The van der Waals surface area contributed by atoms with E-state index in [2.05, 4.69) is 23.5 Å². The summed E-state index contributed by atoms with van der Waals surface area (Å²) in [6, 6.07) is 14.3. The van der Waals surface area contributed by atoms with Crippen molar-refractivity contribution in [2.45, 2.75) is 26.3 Å². The van der Waals surface area contributed by atoms with E-state index in [0.717, 1.165) is 10.9 Å². The van der Waals surface area contributed by atoms with Gasteiger partial charge in [0, 0.05) is 11.6 Å². The number of rotatable bonds is 2. The summed E-state index contributed by atoms with van der Waals surface area (Å²) in [6.45, 7) is 5.91. The van der Waals surface area contributed by atoms with Gasteiger partial charge < -0.3 is 5.32 Å². The average Bonchev–Trinajstić information content (AvgIpc) is 2.34. The van der Waals surface area contributed by atoms with Gasteiger partial charge in [-0.15, -0.1) is 0 Å². The summed E-state index contributed by atoms with van der Waals surface area (Å²) < 4.78 is 0. The molecule has 0 unspecified atom stereocenters. The first-order chi connectivity index (χ1) is 8.96. The highest BCUT2D eigenvalue weighted by Gasteiger charge is 2.11. The van der Waals surface area contributed by atoms with Crippen LogP contribution in [0.5, 0.6) is 0 Å². The molecule has 0 spiro atoms. The van der Waals surface area contributed by atoms with Gasteiger partial charge >= 0.3 is 0 Å². The predicted octanol–water partition coefficient (Wildman–Crippen LogP) is 3.77. The lowest BCUT2D eigenvalue weighted by molar-refractivity contribution is -0.117. The molecule has 2 aromatic carbocycles. The van der Waals surface area contributed by atoms with Crippen LogP contribution in [-0.4, -0.2) is 11.4 Å². The Kier molecular flexibility index (Phi) is 3.70. The molecule has 0 saturated carbocycles. The molecule has 0 saturated heterocycles. The highest BCUT2D eigenvalue weighted by molar-refractivity contribution is 5.96. The Morgan fingerprint density at radius 1 is 1.05 bits per heavy atom. The van der Waals surface area contributed by atoms with E-state index in [4.69, 9.17) is 0 Å². The summed E-state index contributed by atoms with van der Waals surface area (Å²) >= 11 is 0. The minimum Gasteiger partial charge on any atom is -0.348 e. The summed E-state index contributed by atoms with van der Waals surface area (Å²) in [7, 11) is 0. The summed E-state index contributed by atoms with van der Waals surface area (Å²) in [5.41, 5.74) is 0.849. The van der Waals surface area contributed by atoms with Crippen LogP contribution in [0.1, 0.15) is 26.3 Å². The number of hydrogen-bond acceptors (Lipinski definition) is 1. The summed E-state index contributed by atoms with van der Waals surface area (Å²) in [4.78, 5) is 11.8. The molecule has 19 heavy (non-hydrogen) atoms. The van der Waals surface area contributed by atoms with E-state index < -0.39 is 0 Å². The molecule has 0 atom stereocenters. The molecule has 2 aromatic rings. The van der Waals surface area contributed by atoms with Crippen molar-refractivity contribution in [2.75, 3.05) is 0 Å². The molecule has 0 fully saturated rings.